The van der Waals surface area contributed by atoms with Gasteiger partial charge in [0.1, 0.15) is 24.6 Å². The second kappa shape index (κ2) is 11.8. The average molecular weight is 548 g/mol. The van der Waals surface area contributed by atoms with Crippen molar-refractivity contribution in [3.05, 3.63) is 86.4 Å². The lowest BCUT2D eigenvalue weighted by atomic mass is 9.97. The highest BCUT2D eigenvalue weighted by Crippen LogP contribution is 2.24. The molecule has 1 aliphatic rings. The molecule has 0 saturated carbocycles. The minimum atomic E-state index is -0.805. The summed E-state index contributed by atoms with van der Waals surface area (Å²) >= 11 is 6.21. The summed E-state index contributed by atoms with van der Waals surface area (Å²) in [5.41, 5.74) is 0.709. The third kappa shape index (κ3) is 5.90. The van der Waals surface area contributed by atoms with Gasteiger partial charge in [0, 0.05) is 30.7 Å². The van der Waals surface area contributed by atoms with Crippen LogP contribution in [-0.4, -0.2) is 53.2 Å². The number of carbonyl (C=O) groups excluding carboxylic acids is 2. The first-order valence-electron chi connectivity index (χ1n) is 11.6. The van der Waals surface area contributed by atoms with E-state index in [0.717, 1.165) is 16.7 Å². The number of rotatable bonds is 10. The minimum absolute atomic E-state index is 0.0588. The standard InChI is InChI=1S/C26H24ClF2N3O6/c1-15-3-4-16(22(33)10-18-13-38-32(25(18)34)7-8-36-2)9-21(15)31-14-30-24(23(27)26(31)35)37-12-17-5-6-19(28)11-20(17)29/h3-6,9,11,14,18H,7-8,10,12-13H2,1-2H3/t18-/m0/s1. The van der Waals surface area contributed by atoms with Crippen LogP contribution in [0.1, 0.15) is 27.9 Å². The summed E-state index contributed by atoms with van der Waals surface area (Å²) in [4.78, 5) is 47.9. The van der Waals surface area contributed by atoms with Gasteiger partial charge in [0.2, 0.25) is 5.88 Å². The number of ketones is 1. The van der Waals surface area contributed by atoms with Crippen molar-refractivity contribution in [2.45, 2.75) is 20.0 Å². The number of methoxy groups -OCH3 is 1. The average Bonchev–Trinajstić information content (AvgIpc) is 3.23. The number of aryl methyl sites for hydroxylation is 1. The van der Waals surface area contributed by atoms with E-state index in [0.29, 0.717) is 23.4 Å². The second-order valence-corrected chi connectivity index (χ2v) is 9.00. The van der Waals surface area contributed by atoms with Crippen LogP contribution in [0.4, 0.5) is 8.78 Å². The maximum absolute atomic E-state index is 13.9. The zero-order valence-corrected chi connectivity index (χ0v) is 21.3. The Labute approximate surface area is 221 Å². The van der Waals surface area contributed by atoms with Gasteiger partial charge in [-0.2, -0.15) is 0 Å². The van der Waals surface area contributed by atoms with Gasteiger partial charge in [0.05, 0.1) is 31.4 Å². The van der Waals surface area contributed by atoms with Crippen LogP contribution in [-0.2, 0) is 21.0 Å². The number of ether oxygens (including phenoxy) is 2. The van der Waals surface area contributed by atoms with Crippen molar-refractivity contribution < 1.29 is 32.7 Å². The molecule has 2 aromatic carbocycles. The van der Waals surface area contributed by atoms with Gasteiger partial charge in [-0.3, -0.25) is 23.8 Å². The predicted octanol–water partition coefficient (Wildman–Crippen LogP) is 3.66. The number of aromatic nitrogens is 2. The van der Waals surface area contributed by atoms with E-state index in [1.165, 1.54) is 30.6 Å². The fourth-order valence-electron chi connectivity index (χ4n) is 3.87. The quantitative estimate of drug-likeness (QED) is 0.357. The van der Waals surface area contributed by atoms with Crippen LogP contribution >= 0.6 is 11.6 Å². The molecule has 0 unspecified atom stereocenters. The molecule has 1 atom stereocenters. The molecule has 4 rings (SSSR count). The van der Waals surface area contributed by atoms with Crippen molar-refractivity contribution in [3.63, 3.8) is 0 Å². The van der Waals surface area contributed by atoms with Crippen LogP contribution in [0.15, 0.2) is 47.5 Å². The van der Waals surface area contributed by atoms with Crippen molar-refractivity contribution >= 4 is 23.3 Å². The van der Waals surface area contributed by atoms with E-state index in [4.69, 9.17) is 25.9 Å². The summed E-state index contributed by atoms with van der Waals surface area (Å²) < 4.78 is 38.5. The number of benzene rings is 2. The van der Waals surface area contributed by atoms with Crippen LogP contribution < -0.4 is 10.3 Å². The Kier molecular flexibility index (Phi) is 8.50. The largest absolute Gasteiger partial charge is 0.471 e. The van der Waals surface area contributed by atoms with Crippen molar-refractivity contribution in [2.24, 2.45) is 5.92 Å². The number of hydroxylamine groups is 2. The lowest BCUT2D eigenvalue weighted by Gasteiger charge is -2.14. The second-order valence-electron chi connectivity index (χ2n) is 8.62. The number of amides is 1. The number of carbonyl (C=O) groups is 2. The van der Waals surface area contributed by atoms with Crippen molar-refractivity contribution in [1.29, 1.82) is 0 Å². The van der Waals surface area contributed by atoms with Crippen LogP contribution in [0.25, 0.3) is 5.69 Å². The molecule has 0 N–H and O–H groups in total. The molecule has 9 nitrogen and oxygen atoms in total. The minimum Gasteiger partial charge on any atom is -0.471 e. The Hall–Kier alpha value is -3.67. The van der Waals surface area contributed by atoms with Gasteiger partial charge < -0.3 is 9.47 Å². The Morgan fingerprint density at radius 2 is 2.00 bits per heavy atom. The lowest BCUT2D eigenvalue weighted by molar-refractivity contribution is -0.164. The molecule has 200 valence electrons. The third-order valence-corrected chi connectivity index (χ3v) is 6.34. The van der Waals surface area contributed by atoms with Gasteiger partial charge in [-0.15, -0.1) is 0 Å². The van der Waals surface area contributed by atoms with Gasteiger partial charge in [0.25, 0.3) is 11.5 Å². The zero-order chi connectivity index (χ0) is 27.4. The smallest absolute Gasteiger partial charge is 0.280 e. The molecule has 12 heteroatoms. The molecule has 1 amide bonds. The van der Waals surface area contributed by atoms with Crippen LogP contribution in [0, 0.1) is 24.5 Å². The first kappa shape index (κ1) is 27.4. The van der Waals surface area contributed by atoms with Crippen LogP contribution in [0.2, 0.25) is 5.02 Å². The monoisotopic (exact) mass is 547 g/mol. The topological polar surface area (TPSA) is 100.0 Å². The molecular formula is C26H24ClF2N3O6. The summed E-state index contributed by atoms with van der Waals surface area (Å²) in [5, 5.41) is 0.847. The molecule has 0 aliphatic carbocycles. The molecule has 1 aromatic heterocycles. The first-order valence-corrected chi connectivity index (χ1v) is 12.0. The molecule has 0 radical (unpaired) electrons. The highest BCUT2D eigenvalue weighted by Gasteiger charge is 2.34. The van der Waals surface area contributed by atoms with Gasteiger partial charge in [-0.05, 0) is 30.7 Å². The Morgan fingerprint density at radius 1 is 1.21 bits per heavy atom. The van der Waals surface area contributed by atoms with E-state index in [9.17, 15) is 23.2 Å². The molecule has 1 fully saturated rings. The molecule has 1 aliphatic heterocycles. The van der Waals surface area contributed by atoms with E-state index in [2.05, 4.69) is 4.98 Å². The lowest BCUT2D eigenvalue weighted by Crippen LogP contribution is -2.30. The van der Waals surface area contributed by atoms with Gasteiger partial charge >= 0.3 is 0 Å². The maximum Gasteiger partial charge on any atom is 0.280 e. The fourth-order valence-corrected chi connectivity index (χ4v) is 4.07. The summed E-state index contributed by atoms with van der Waals surface area (Å²) in [7, 11) is 1.51. The first-order chi connectivity index (χ1) is 18.2. The molecule has 38 heavy (non-hydrogen) atoms. The van der Waals surface area contributed by atoms with E-state index in [1.807, 2.05) is 0 Å². The number of Topliss-reactive ketones (excluding diaryl/α,β-unsaturated/α-hetero) is 1. The Balaban J connectivity index is 1.51. The molecular weight excluding hydrogens is 524 g/mol. The number of hydrogen-bond donors (Lipinski definition) is 0. The van der Waals surface area contributed by atoms with E-state index in [-0.39, 0.29) is 54.3 Å². The third-order valence-electron chi connectivity index (χ3n) is 6.01. The molecule has 3 aromatic rings. The summed E-state index contributed by atoms with van der Waals surface area (Å²) in [5.74, 6) is -2.96. The Bertz CT molecular complexity index is 1430. The molecule has 0 bridgehead atoms. The summed E-state index contributed by atoms with van der Waals surface area (Å²) in [6, 6.07) is 7.82. The SMILES string of the molecule is COCCN1OC[C@H](CC(=O)c2ccc(C)c(-n3cnc(OCc4ccc(F)cc4F)c(Cl)c3=O)c2)C1=O. The molecule has 1 saturated heterocycles. The van der Waals surface area contributed by atoms with E-state index >= 15 is 0 Å². The summed E-state index contributed by atoms with van der Waals surface area (Å²) in [6.07, 6.45) is 1.12. The van der Waals surface area contributed by atoms with E-state index < -0.39 is 23.1 Å². The van der Waals surface area contributed by atoms with Gasteiger partial charge in [-0.25, -0.2) is 18.8 Å². The van der Waals surface area contributed by atoms with Crippen molar-refractivity contribution in [2.75, 3.05) is 26.9 Å². The molecule has 2 heterocycles. The van der Waals surface area contributed by atoms with Gasteiger partial charge in [0.15, 0.2) is 10.8 Å². The number of halogens is 3. The van der Waals surface area contributed by atoms with E-state index in [1.54, 1.807) is 19.1 Å². The normalized spacial score (nSPS) is 15.2. The zero-order valence-electron chi connectivity index (χ0n) is 20.6. The maximum atomic E-state index is 13.9. The Morgan fingerprint density at radius 3 is 2.74 bits per heavy atom. The van der Waals surface area contributed by atoms with Crippen LogP contribution in [0.5, 0.6) is 5.88 Å². The highest BCUT2D eigenvalue weighted by molar-refractivity contribution is 6.31. The summed E-state index contributed by atoms with van der Waals surface area (Å²) in [6.45, 7) is 2.09. The predicted molar refractivity (Wildman–Crippen MR) is 132 cm³/mol. The van der Waals surface area contributed by atoms with Gasteiger partial charge in [-0.1, -0.05) is 23.7 Å². The number of nitrogens with zero attached hydrogens (tertiary/aromatic N) is 3. The van der Waals surface area contributed by atoms with Crippen molar-refractivity contribution in [3.8, 4) is 11.6 Å². The van der Waals surface area contributed by atoms with Crippen molar-refractivity contribution in [1.82, 2.24) is 14.6 Å². The van der Waals surface area contributed by atoms with Crippen LogP contribution in [0.3, 0.4) is 0 Å². The highest BCUT2D eigenvalue weighted by atomic mass is 35.5. The number of hydrogen-bond acceptors (Lipinski definition) is 7. The molecule has 0 spiro atoms. The fraction of sp³-hybridized carbons (Fsp3) is 0.308.